The Morgan fingerprint density at radius 1 is 1.29 bits per heavy atom. The summed E-state index contributed by atoms with van der Waals surface area (Å²) in [6, 6.07) is 0. The van der Waals surface area contributed by atoms with Crippen molar-refractivity contribution in [2.75, 3.05) is 18.0 Å². The SMILES string of the molecule is Cc1cncnc1N1CCC(c2nc(C(C)C)no2)CC1. The second kappa shape index (κ2) is 5.79. The summed E-state index contributed by atoms with van der Waals surface area (Å²) in [7, 11) is 0. The molecule has 1 aliphatic rings. The first-order chi connectivity index (χ1) is 10.1. The fourth-order valence-electron chi connectivity index (χ4n) is 2.71. The molecule has 0 saturated carbocycles. The molecule has 3 heterocycles. The quantitative estimate of drug-likeness (QED) is 0.864. The summed E-state index contributed by atoms with van der Waals surface area (Å²) in [5, 5.41) is 4.06. The minimum Gasteiger partial charge on any atom is -0.356 e. The van der Waals surface area contributed by atoms with Crippen molar-refractivity contribution in [2.45, 2.75) is 45.4 Å². The van der Waals surface area contributed by atoms with Crippen LogP contribution in [0.2, 0.25) is 0 Å². The average Bonchev–Trinajstić information content (AvgIpc) is 2.98. The minimum absolute atomic E-state index is 0.311. The molecule has 6 heteroatoms. The van der Waals surface area contributed by atoms with E-state index < -0.39 is 0 Å². The van der Waals surface area contributed by atoms with E-state index in [0.717, 1.165) is 49.0 Å². The lowest BCUT2D eigenvalue weighted by Gasteiger charge is -2.31. The largest absolute Gasteiger partial charge is 0.356 e. The highest BCUT2D eigenvalue weighted by Gasteiger charge is 2.26. The number of piperidine rings is 1. The lowest BCUT2D eigenvalue weighted by atomic mass is 9.96. The van der Waals surface area contributed by atoms with Crippen LogP contribution in [0.4, 0.5) is 5.82 Å². The van der Waals surface area contributed by atoms with E-state index in [4.69, 9.17) is 4.52 Å². The average molecular weight is 287 g/mol. The van der Waals surface area contributed by atoms with E-state index in [-0.39, 0.29) is 0 Å². The molecule has 21 heavy (non-hydrogen) atoms. The maximum atomic E-state index is 5.42. The van der Waals surface area contributed by atoms with Crippen LogP contribution in [0.3, 0.4) is 0 Å². The van der Waals surface area contributed by atoms with Gasteiger partial charge >= 0.3 is 0 Å². The van der Waals surface area contributed by atoms with Gasteiger partial charge in [-0.3, -0.25) is 0 Å². The zero-order valence-corrected chi connectivity index (χ0v) is 12.8. The molecular formula is C15H21N5O. The van der Waals surface area contributed by atoms with Crippen molar-refractivity contribution >= 4 is 5.82 Å². The zero-order chi connectivity index (χ0) is 14.8. The molecule has 1 saturated heterocycles. The number of rotatable bonds is 3. The van der Waals surface area contributed by atoms with Gasteiger partial charge in [-0.2, -0.15) is 4.98 Å². The number of nitrogens with zero attached hydrogens (tertiary/aromatic N) is 5. The van der Waals surface area contributed by atoms with Gasteiger partial charge in [0.15, 0.2) is 5.82 Å². The summed E-state index contributed by atoms with van der Waals surface area (Å²) in [5.41, 5.74) is 1.12. The second-order valence-electron chi connectivity index (χ2n) is 5.94. The Bertz CT molecular complexity index is 602. The van der Waals surface area contributed by atoms with Crippen LogP contribution in [0.1, 0.15) is 55.8 Å². The van der Waals surface area contributed by atoms with E-state index in [9.17, 15) is 0 Å². The molecule has 112 valence electrons. The topological polar surface area (TPSA) is 67.9 Å². The highest BCUT2D eigenvalue weighted by Crippen LogP contribution is 2.30. The summed E-state index contributed by atoms with van der Waals surface area (Å²) in [5.74, 6) is 3.31. The zero-order valence-electron chi connectivity index (χ0n) is 12.8. The van der Waals surface area contributed by atoms with Crippen molar-refractivity contribution in [1.82, 2.24) is 20.1 Å². The Labute approximate surface area is 124 Å². The molecule has 1 fully saturated rings. The molecule has 2 aromatic heterocycles. The van der Waals surface area contributed by atoms with Crippen LogP contribution in [0.25, 0.3) is 0 Å². The van der Waals surface area contributed by atoms with Crippen molar-refractivity contribution < 1.29 is 4.52 Å². The third-order valence-corrected chi connectivity index (χ3v) is 3.99. The highest BCUT2D eigenvalue weighted by molar-refractivity contribution is 5.44. The molecule has 0 spiro atoms. The molecule has 1 aliphatic heterocycles. The van der Waals surface area contributed by atoms with Crippen molar-refractivity contribution in [3.05, 3.63) is 29.8 Å². The van der Waals surface area contributed by atoms with Crippen LogP contribution in [-0.4, -0.2) is 33.2 Å². The number of hydrogen-bond acceptors (Lipinski definition) is 6. The Morgan fingerprint density at radius 2 is 2.05 bits per heavy atom. The monoisotopic (exact) mass is 287 g/mol. The van der Waals surface area contributed by atoms with Gasteiger partial charge in [-0.05, 0) is 19.8 Å². The maximum absolute atomic E-state index is 5.42. The van der Waals surface area contributed by atoms with Gasteiger partial charge < -0.3 is 9.42 Å². The van der Waals surface area contributed by atoms with Crippen molar-refractivity contribution in [1.29, 1.82) is 0 Å². The van der Waals surface area contributed by atoms with E-state index in [2.05, 4.69) is 38.9 Å². The predicted molar refractivity (Wildman–Crippen MR) is 79.3 cm³/mol. The van der Waals surface area contributed by atoms with Crippen molar-refractivity contribution in [2.24, 2.45) is 0 Å². The minimum atomic E-state index is 0.311. The predicted octanol–water partition coefficient (Wildman–Crippen LogP) is 2.68. The molecule has 0 aliphatic carbocycles. The summed E-state index contributed by atoms with van der Waals surface area (Å²) in [6.07, 6.45) is 5.51. The van der Waals surface area contributed by atoms with Gasteiger partial charge in [0.2, 0.25) is 5.89 Å². The Balaban J connectivity index is 1.66. The van der Waals surface area contributed by atoms with Gasteiger partial charge in [0.1, 0.15) is 12.1 Å². The highest BCUT2D eigenvalue weighted by atomic mass is 16.5. The van der Waals surface area contributed by atoms with E-state index in [1.54, 1.807) is 6.33 Å². The van der Waals surface area contributed by atoms with Gasteiger partial charge in [-0.15, -0.1) is 0 Å². The molecular weight excluding hydrogens is 266 g/mol. The smallest absolute Gasteiger partial charge is 0.229 e. The van der Waals surface area contributed by atoms with E-state index in [1.165, 1.54) is 0 Å². The van der Waals surface area contributed by atoms with Crippen LogP contribution >= 0.6 is 0 Å². The van der Waals surface area contributed by atoms with Crippen LogP contribution in [0.15, 0.2) is 17.0 Å². The Kier molecular flexibility index (Phi) is 3.86. The molecule has 2 aromatic rings. The number of aromatic nitrogens is 4. The van der Waals surface area contributed by atoms with Gasteiger partial charge in [0, 0.05) is 36.7 Å². The molecule has 0 unspecified atom stereocenters. The lowest BCUT2D eigenvalue weighted by molar-refractivity contribution is 0.325. The van der Waals surface area contributed by atoms with Gasteiger partial charge in [-0.1, -0.05) is 19.0 Å². The van der Waals surface area contributed by atoms with Crippen LogP contribution in [-0.2, 0) is 0 Å². The van der Waals surface area contributed by atoms with E-state index in [0.29, 0.717) is 11.8 Å². The Hall–Kier alpha value is -1.98. The molecule has 3 rings (SSSR count). The lowest BCUT2D eigenvalue weighted by Crippen LogP contribution is -2.34. The van der Waals surface area contributed by atoms with Crippen LogP contribution in [0.5, 0.6) is 0 Å². The molecule has 0 atom stereocenters. The first-order valence-electron chi connectivity index (χ1n) is 7.50. The molecule has 0 radical (unpaired) electrons. The second-order valence-corrected chi connectivity index (χ2v) is 5.94. The summed E-state index contributed by atoms with van der Waals surface area (Å²) < 4.78 is 5.42. The van der Waals surface area contributed by atoms with Gasteiger partial charge in [0.05, 0.1) is 0 Å². The molecule has 0 amide bonds. The fraction of sp³-hybridized carbons (Fsp3) is 0.600. The number of hydrogen-bond donors (Lipinski definition) is 0. The van der Waals surface area contributed by atoms with E-state index >= 15 is 0 Å². The summed E-state index contributed by atoms with van der Waals surface area (Å²) in [4.78, 5) is 15.3. The summed E-state index contributed by atoms with van der Waals surface area (Å²) >= 11 is 0. The fourth-order valence-corrected chi connectivity index (χ4v) is 2.71. The summed E-state index contributed by atoms with van der Waals surface area (Å²) in [6.45, 7) is 8.13. The molecule has 0 aromatic carbocycles. The standard InChI is InChI=1S/C15H21N5O/c1-10(2)13-18-15(21-19-13)12-4-6-20(7-5-12)14-11(3)8-16-9-17-14/h8-10,12H,4-7H2,1-3H3. The number of aryl methyl sites for hydroxylation is 1. The third kappa shape index (κ3) is 2.89. The van der Waals surface area contributed by atoms with Crippen LogP contribution in [0, 0.1) is 6.92 Å². The number of anilines is 1. The van der Waals surface area contributed by atoms with Crippen LogP contribution < -0.4 is 4.90 Å². The van der Waals surface area contributed by atoms with Crippen molar-refractivity contribution in [3.8, 4) is 0 Å². The Morgan fingerprint density at radius 3 is 2.67 bits per heavy atom. The first kappa shape index (κ1) is 14.0. The van der Waals surface area contributed by atoms with Crippen molar-refractivity contribution in [3.63, 3.8) is 0 Å². The van der Waals surface area contributed by atoms with Gasteiger partial charge in [0.25, 0.3) is 0 Å². The van der Waals surface area contributed by atoms with Gasteiger partial charge in [-0.25, -0.2) is 9.97 Å². The molecule has 6 nitrogen and oxygen atoms in total. The normalized spacial score (nSPS) is 16.7. The third-order valence-electron chi connectivity index (χ3n) is 3.99. The first-order valence-corrected chi connectivity index (χ1v) is 7.50. The molecule has 0 N–H and O–H groups in total. The molecule has 0 bridgehead atoms. The van der Waals surface area contributed by atoms with E-state index in [1.807, 2.05) is 13.1 Å². The maximum Gasteiger partial charge on any atom is 0.229 e.